The van der Waals surface area contributed by atoms with Crippen molar-refractivity contribution in [3.05, 3.63) is 20.8 Å². The molecule has 1 heterocycles. The summed E-state index contributed by atoms with van der Waals surface area (Å²) < 4.78 is 1.25. The first-order valence-corrected chi connectivity index (χ1v) is 6.43. The van der Waals surface area contributed by atoms with Crippen molar-refractivity contribution in [3.63, 3.8) is 0 Å². The Morgan fingerprint density at radius 2 is 2.38 bits per heavy atom. The smallest absolute Gasteiger partial charge is 0.0317 e. The second-order valence-corrected chi connectivity index (χ2v) is 5.47. The second-order valence-electron chi connectivity index (χ2n) is 3.67. The second kappa shape index (κ2) is 4.11. The van der Waals surface area contributed by atoms with Crippen LogP contribution in [0.3, 0.4) is 0 Å². The van der Waals surface area contributed by atoms with E-state index in [0.717, 1.165) is 12.5 Å². The van der Waals surface area contributed by atoms with Crippen molar-refractivity contribution in [3.8, 4) is 0 Å². The lowest BCUT2D eigenvalue weighted by Gasteiger charge is -2.32. The molecule has 0 spiro atoms. The lowest BCUT2D eigenvalue weighted by Crippen LogP contribution is -2.26. The SMILES string of the molecule is NCC(c1sccc1Br)C1CCC1. The lowest BCUT2D eigenvalue weighted by molar-refractivity contribution is 0.266. The maximum Gasteiger partial charge on any atom is 0.0317 e. The van der Waals surface area contributed by atoms with Crippen molar-refractivity contribution in [1.82, 2.24) is 0 Å². The van der Waals surface area contributed by atoms with Gasteiger partial charge in [0.2, 0.25) is 0 Å². The molecule has 1 aliphatic rings. The van der Waals surface area contributed by atoms with E-state index in [1.54, 1.807) is 0 Å². The number of hydrogen-bond donors (Lipinski definition) is 1. The molecule has 1 unspecified atom stereocenters. The standard InChI is InChI=1S/C10H14BrNS/c11-9-4-5-13-10(9)8(6-12)7-2-1-3-7/h4-5,7-8H,1-3,6,12H2. The highest BCUT2D eigenvalue weighted by Crippen LogP contribution is 2.42. The molecule has 1 aromatic heterocycles. The number of hydrogen-bond acceptors (Lipinski definition) is 2. The molecule has 3 heteroatoms. The Morgan fingerprint density at radius 3 is 2.77 bits per heavy atom. The molecule has 2 N–H and O–H groups in total. The molecule has 1 aromatic rings. The van der Waals surface area contributed by atoms with Gasteiger partial charge in [-0.3, -0.25) is 0 Å². The van der Waals surface area contributed by atoms with Gasteiger partial charge in [0.05, 0.1) is 0 Å². The van der Waals surface area contributed by atoms with E-state index in [0.29, 0.717) is 5.92 Å². The molecule has 0 aliphatic heterocycles. The normalized spacial score (nSPS) is 19.8. The first-order valence-electron chi connectivity index (χ1n) is 4.76. The summed E-state index contributed by atoms with van der Waals surface area (Å²) in [5.41, 5.74) is 5.83. The van der Waals surface area contributed by atoms with E-state index in [4.69, 9.17) is 5.73 Å². The minimum absolute atomic E-state index is 0.600. The van der Waals surface area contributed by atoms with E-state index in [-0.39, 0.29) is 0 Å². The van der Waals surface area contributed by atoms with E-state index < -0.39 is 0 Å². The minimum atomic E-state index is 0.600. The molecule has 0 radical (unpaired) electrons. The quantitative estimate of drug-likeness (QED) is 0.886. The minimum Gasteiger partial charge on any atom is -0.330 e. The van der Waals surface area contributed by atoms with Crippen LogP contribution in [-0.2, 0) is 0 Å². The van der Waals surface area contributed by atoms with Gasteiger partial charge in [-0.2, -0.15) is 0 Å². The van der Waals surface area contributed by atoms with Gasteiger partial charge in [0.1, 0.15) is 0 Å². The average molecular weight is 260 g/mol. The topological polar surface area (TPSA) is 26.0 Å². The van der Waals surface area contributed by atoms with Gasteiger partial charge < -0.3 is 5.73 Å². The molecular weight excluding hydrogens is 246 g/mol. The molecule has 13 heavy (non-hydrogen) atoms. The first-order chi connectivity index (χ1) is 6.33. The van der Waals surface area contributed by atoms with Gasteiger partial charge in [0.25, 0.3) is 0 Å². The zero-order valence-corrected chi connectivity index (χ0v) is 9.90. The first kappa shape index (κ1) is 9.69. The monoisotopic (exact) mass is 259 g/mol. The highest BCUT2D eigenvalue weighted by Gasteiger charge is 2.29. The molecule has 72 valence electrons. The predicted octanol–water partition coefficient (Wildman–Crippen LogP) is 3.35. The summed E-state index contributed by atoms with van der Waals surface area (Å²) in [6, 6.07) is 2.13. The Bertz CT molecular complexity index is 280. The zero-order chi connectivity index (χ0) is 9.26. The summed E-state index contributed by atoms with van der Waals surface area (Å²) in [7, 11) is 0. The fourth-order valence-electron chi connectivity index (χ4n) is 1.93. The van der Waals surface area contributed by atoms with Crippen LogP contribution in [0.15, 0.2) is 15.9 Å². The van der Waals surface area contributed by atoms with E-state index in [1.807, 2.05) is 11.3 Å². The maximum absolute atomic E-state index is 5.83. The Kier molecular flexibility index (Phi) is 3.06. The fraction of sp³-hybridized carbons (Fsp3) is 0.600. The van der Waals surface area contributed by atoms with Gasteiger partial charge >= 0.3 is 0 Å². The van der Waals surface area contributed by atoms with Crippen molar-refractivity contribution >= 4 is 27.3 Å². The molecule has 1 atom stereocenters. The van der Waals surface area contributed by atoms with Crippen LogP contribution < -0.4 is 5.73 Å². The number of thiophene rings is 1. The summed E-state index contributed by atoms with van der Waals surface area (Å²) in [5.74, 6) is 1.45. The zero-order valence-electron chi connectivity index (χ0n) is 7.50. The van der Waals surface area contributed by atoms with Crippen LogP contribution in [0.5, 0.6) is 0 Å². The van der Waals surface area contributed by atoms with Gasteiger partial charge in [-0.25, -0.2) is 0 Å². The van der Waals surface area contributed by atoms with Crippen LogP contribution >= 0.6 is 27.3 Å². The Hall–Kier alpha value is 0.140. The molecule has 0 amide bonds. The largest absolute Gasteiger partial charge is 0.330 e. The Balaban J connectivity index is 2.16. The lowest BCUT2D eigenvalue weighted by atomic mass is 9.75. The van der Waals surface area contributed by atoms with Gasteiger partial charge in [-0.05, 0) is 46.1 Å². The van der Waals surface area contributed by atoms with Crippen molar-refractivity contribution < 1.29 is 0 Å². The van der Waals surface area contributed by atoms with Crippen LogP contribution in [0.2, 0.25) is 0 Å². The van der Waals surface area contributed by atoms with Crippen molar-refractivity contribution in [2.45, 2.75) is 25.2 Å². The number of rotatable bonds is 3. The van der Waals surface area contributed by atoms with Crippen LogP contribution in [0.1, 0.15) is 30.1 Å². The molecule has 0 bridgehead atoms. The van der Waals surface area contributed by atoms with Crippen molar-refractivity contribution in [2.75, 3.05) is 6.54 Å². The molecule has 0 saturated heterocycles. The fourth-order valence-corrected chi connectivity index (χ4v) is 3.80. The maximum atomic E-state index is 5.83. The van der Waals surface area contributed by atoms with Gasteiger partial charge in [0, 0.05) is 21.8 Å². The molecule has 0 aromatic carbocycles. The van der Waals surface area contributed by atoms with Crippen LogP contribution in [0.25, 0.3) is 0 Å². The van der Waals surface area contributed by atoms with E-state index in [1.165, 1.54) is 28.6 Å². The van der Waals surface area contributed by atoms with Gasteiger partial charge in [-0.1, -0.05) is 6.42 Å². The Labute approximate surface area is 91.5 Å². The summed E-state index contributed by atoms with van der Waals surface area (Å²) >= 11 is 5.42. The van der Waals surface area contributed by atoms with Crippen LogP contribution in [0.4, 0.5) is 0 Å². The van der Waals surface area contributed by atoms with Crippen LogP contribution in [-0.4, -0.2) is 6.54 Å². The molecule has 1 nitrogen and oxygen atoms in total. The van der Waals surface area contributed by atoms with E-state index >= 15 is 0 Å². The molecule has 1 aliphatic carbocycles. The summed E-state index contributed by atoms with van der Waals surface area (Å²) in [6.45, 7) is 0.795. The summed E-state index contributed by atoms with van der Waals surface area (Å²) in [6.07, 6.45) is 4.13. The number of halogens is 1. The highest BCUT2D eigenvalue weighted by atomic mass is 79.9. The van der Waals surface area contributed by atoms with E-state index in [2.05, 4.69) is 27.4 Å². The van der Waals surface area contributed by atoms with Crippen molar-refractivity contribution in [2.24, 2.45) is 11.7 Å². The van der Waals surface area contributed by atoms with Crippen molar-refractivity contribution in [1.29, 1.82) is 0 Å². The predicted molar refractivity (Wildman–Crippen MR) is 61.2 cm³/mol. The van der Waals surface area contributed by atoms with Gasteiger partial charge in [0.15, 0.2) is 0 Å². The van der Waals surface area contributed by atoms with Gasteiger partial charge in [-0.15, -0.1) is 11.3 Å². The third-order valence-electron chi connectivity index (χ3n) is 2.95. The van der Waals surface area contributed by atoms with Crippen LogP contribution in [0, 0.1) is 5.92 Å². The Morgan fingerprint density at radius 1 is 1.62 bits per heavy atom. The third kappa shape index (κ3) is 1.83. The third-order valence-corrected chi connectivity index (χ3v) is 4.96. The molecule has 1 fully saturated rings. The average Bonchev–Trinajstić information content (AvgIpc) is 2.43. The summed E-state index contributed by atoms with van der Waals surface area (Å²) in [4.78, 5) is 1.45. The molecule has 2 rings (SSSR count). The van der Waals surface area contributed by atoms with E-state index in [9.17, 15) is 0 Å². The molecule has 1 saturated carbocycles. The number of nitrogens with two attached hydrogens (primary N) is 1. The molecular formula is C10H14BrNS. The highest BCUT2D eigenvalue weighted by molar-refractivity contribution is 9.10. The summed E-state index contributed by atoms with van der Waals surface area (Å²) in [5, 5.41) is 2.14.